The van der Waals surface area contributed by atoms with Crippen molar-refractivity contribution >= 4 is 5.82 Å². The number of nitrogens with zero attached hydrogens (tertiary/aromatic N) is 4. The standard InChI is InChI=1S/C19H19FN4O2/c1-25-12-13-8-9-24(11-13)17-7-6-14(10-21-17)19-22-18(23-26-19)15-4-2-3-5-16(15)20/h2-7,10,13H,8-9,11-12H2,1H3/t13-/m1/s1. The summed E-state index contributed by atoms with van der Waals surface area (Å²) >= 11 is 0. The maximum absolute atomic E-state index is 13.9. The molecule has 6 nitrogen and oxygen atoms in total. The van der Waals surface area contributed by atoms with Gasteiger partial charge in [0.25, 0.3) is 5.89 Å². The lowest BCUT2D eigenvalue weighted by Gasteiger charge is -2.17. The lowest BCUT2D eigenvalue weighted by atomic mass is 10.1. The van der Waals surface area contributed by atoms with Gasteiger partial charge in [-0.2, -0.15) is 4.98 Å². The Morgan fingerprint density at radius 1 is 1.27 bits per heavy atom. The summed E-state index contributed by atoms with van der Waals surface area (Å²) in [7, 11) is 1.73. The van der Waals surface area contributed by atoms with E-state index in [1.807, 2.05) is 12.1 Å². The highest BCUT2D eigenvalue weighted by Crippen LogP contribution is 2.26. The zero-order valence-corrected chi connectivity index (χ0v) is 14.4. The van der Waals surface area contributed by atoms with Gasteiger partial charge in [0.1, 0.15) is 11.6 Å². The van der Waals surface area contributed by atoms with E-state index < -0.39 is 0 Å². The van der Waals surface area contributed by atoms with E-state index in [0.717, 1.165) is 31.9 Å². The first-order chi connectivity index (χ1) is 12.7. The monoisotopic (exact) mass is 354 g/mol. The van der Waals surface area contributed by atoms with Crippen LogP contribution in [0, 0.1) is 11.7 Å². The molecule has 4 rings (SSSR count). The molecule has 2 aromatic heterocycles. The van der Waals surface area contributed by atoms with Crippen LogP contribution in [-0.2, 0) is 4.74 Å². The van der Waals surface area contributed by atoms with Crippen LogP contribution in [0.15, 0.2) is 47.1 Å². The van der Waals surface area contributed by atoms with Gasteiger partial charge in [-0.1, -0.05) is 17.3 Å². The van der Waals surface area contributed by atoms with E-state index >= 15 is 0 Å². The van der Waals surface area contributed by atoms with E-state index in [9.17, 15) is 4.39 Å². The molecule has 0 bridgehead atoms. The lowest BCUT2D eigenvalue weighted by molar-refractivity contribution is 0.161. The van der Waals surface area contributed by atoms with Gasteiger partial charge in [-0.3, -0.25) is 0 Å². The topological polar surface area (TPSA) is 64.3 Å². The third kappa shape index (κ3) is 3.30. The highest BCUT2D eigenvalue weighted by Gasteiger charge is 2.23. The molecule has 0 saturated carbocycles. The van der Waals surface area contributed by atoms with Gasteiger partial charge in [0.05, 0.1) is 17.7 Å². The predicted molar refractivity (Wildman–Crippen MR) is 95.1 cm³/mol. The van der Waals surface area contributed by atoms with Gasteiger partial charge in [-0.05, 0) is 30.7 Å². The van der Waals surface area contributed by atoms with Crippen molar-refractivity contribution in [3.8, 4) is 22.8 Å². The third-order valence-corrected chi connectivity index (χ3v) is 4.55. The Morgan fingerprint density at radius 3 is 2.92 bits per heavy atom. The van der Waals surface area contributed by atoms with Crippen molar-refractivity contribution in [3.63, 3.8) is 0 Å². The van der Waals surface area contributed by atoms with Crippen molar-refractivity contribution in [2.75, 3.05) is 31.7 Å². The molecule has 0 N–H and O–H groups in total. The van der Waals surface area contributed by atoms with Gasteiger partial charge in [0, 0.05) is 32.3 Å². The molecule has 1 aromatic carbocycles. The number of pyridine rings is 1. The summed E-state index contributed by atoms with van der Waals surface area (Å²) < 4.78 is 24.4. The van der Waals surface area contributed by atoms with E-state index in [2.05, 4.69) is 20.0 Å². The van der Waals surface area contributed by atoms with Crippen molar-refractivity contribution in [2.45, 2.75) is 6.42 Å². The zero-order chi connectivity index (χ0) is 17.9. The van der Waals surface area contributed by atoms with Gasteiger partial charge >= 0.3 is 0 Å². The highest BCUT2D eigenvalue weighted by molar-refractivity contribution is 5.60. The van der Waals surface area contributed by atoms with Crippen LogP contribution < -0.4 is 4.90 Å². The predicted octanol–water partition coefficient (Wildman–Crippen LogP) is 3.41. The molecule has 1 aliphatic rings. The van der Waals surface area contributed by atoms with E-state index in [-0.39, 0.29) is 11.6 Å². The number of hydrogen-bond donors (Lipinski definition) is 0. The lowest BCUT2D eigenvalue weighted by Crippen LogP contribution is -2.21. The average Bonchev–Trinajstić information content (AvgIpc) is 3.32. The Hall–Kier alpha value is -2.80. The molecule has 1 fully saturated rings. The van der Waals surface area contributed by atoms with Gasteiger partial charge in [-0.25, -0.2) is 9.37 Å². The van der Waals surface area contributed by atoms with E-state index in [0.29, 0.717) is 22.9 Å². The minimum Gasteiger partial charge on any atom is -0.384 e. The van der Waals surface area contributed by atoms with Gasteiger partial charge in [0.15, 0.2) is 0 Å². The Morgan fingerprint density at radius 2 is 2.15 bits per heavy atom. The quantitative estimate of drug-likeness (QED) is 0.700. The fraction of sp³-hybridized carbons (Fsp3) is 0.316. The number of anilines is 1. The molecular formula is C19H19FN4O2. The number of hydrogen-bond acceptors (Lipinski definition) is 6. The number of rotatable bonds is 5. The summed E-state index contributed by atoms with van der Waals surface area (Å²) in [6, 6.07) is 10.2. The molecule has 134 valence electrons. The number of aromatic nitrogens is 3. The van der Waals surface area contributed by atoms with Crippen LogP contribution in [0.3, 0.4) is 0 Å². The minimum atomic E-state index is -0.382. The van der Waals surface area contributed by atoms with Crippen molar-refractivity contribution in [1.82, 2.24) is 15.1 Å². The first-order valence-electron chi connectivity index (χ1n) is 8.53. The van der Waals surface area contributed by atoms with Crippen LogP contribution in [0.5, 0.6) is 0 Å². The second kappa shape index (κ2) is 7.21. The van der Waals surface area contributed by atoms with Crippen molar-refractivity contribution < 1.29 is 13.7 Å². The number of methoxy groups -OCH3 is 1. The summed E-state index contributed by atoms with van der Waals surface area (Å²) in [4.78, 5) is 11.0. The fourth-order valence-electron chi connectivity index (χ4n) is 3.20. The van der Waals surface area contributed by atoms with Crippen LogP contribution in [0.25, 0.3) is 22.8 Å². The van der Waals surface area contributed by atoms with Crippen LogP contribution in [0.4, 0.5) is 10.2 Å². The highest BCUT2D eigenvalue weighted by atomic mass is 19.1. The second-order valence-corrected chi connectivity index (χ2v) is 6.36. The molecule has 0 amide bonds. The Kier molecular flexibility index (Phi) is 4.62. The van der Waals surface area contributed by atoms with Crippen molar-refractivity contribution in [3.05, 3.63) is 48.4 Å². The fourth-order valence-corrected chi connectivity index (χ4v) is 3.20. The third-order valence-electron chi connectivity index (χ3n) is 4.55. The van der Waals surface area contributed by atoms with Gasteiger partial charge in [0.2, 0.25) is 5.82 Å². The molecule has 7 heteroatoms. The Balaban J connectivity index is 1.50. The summed E-state index contributed by atoms with van der Waals surface area (Å²) in [5.74, 6) is 1.63. The summed E-state index contributed by atoms with van der Waals surface area (Å²) in [5, 5.41) is 3.88. The average molecular weight is 354 g/mol. The van der Waals surface area contributed by atoms with Gasteiger partial charge in [-0.15, -0.1) is 0 Å². The first kappa shape index (κ1) is 16.7. The zero-order valence-electron chi connectivity index (χ0n) is 14.4. The Bertz CT molecular complexity index is 881. The van der Waals surface area contributed by atoms with E-state index in [1.165, 1.54) is 6.07 Å². The molecular weight excluding hydrogens is 335 g/mol. The molecule has 1 saturated heterocycles. The van der Waals surface area contributed by atoms with Gasteiger partial charge < -0.3 is 14.2 Å². The van der Waals surface area contributed by atoms with Crippen LogP contribution in [-0.4, -0.2) is 41.9 Å². The van der Waals surface area contributed by atoms with E-state index in [1.54, 1.807) is 31.5 Å². The smallest absolute Gasteiger partial charge is 0.259 e. The number of benzene rings is 1. The van der Waals surface area contributed by atoms with Crippen molar-refractivity contribution in [1.29, 1.82) is 0 Å². The number of ether oxygens (including phenoxy) is 1. The van der Waals surface area contributed by atoms with E-state index in [4.69, 9.17) is 9.26 Å². The molecule has 0 radical (unpaired) electrons. The summed E-state index contributed by atoms with van der Waals surface area (Å²) in [6.45, 7) is 2.69. The minimum absolute atomic E-state index is 0.226. The normalized spacial score (nSPS) is 17.0. The molecule has 3 heterocycles. The molecule has 0 unspecified atom stereocenters. The molecule has 0 aliphatic carbocycles. The van der Waals surface area contributed by atoms with Crippen LogP contribution >= 0.6 is 0 Å². The largest absolute Gasteiger partial charge is 0.384 e. The second-order valence-electron chi connectivity index (χ2n) is 6.36. The molecule has 26 heavy (non-hydrogen) atoms. The van der Waals surface area contributed by atoms with Crippen LogP contribution in [0.1, 0.15) is 6.42 Å². The van der Waals surface area contributed by atoms with Crippen LogP contribution in [0.2, 0.25) is 0 Å². The number of halogens is 1. The molecule has 0 spiro atoms. The molecule has 1 aliphatic heterocycles. The van der Waals surface area contributed by atoms with Crippen molar-refractivity contribution in [2.24, 2.45) is 5.92 Å². The Labute approximate surface area is 150 Å². The molecule has 1 atom stereocenters. The summed E-state index contributed by atoms with van der Waals surface area (Å²) in [5.41, 5.74) is 1.02. The SMILES string of the molecule is COC[C@@H]1CCN(c2ccc(-c3nc(-c4ccccc4F)no3)cn2)C1. The molecule has 3 aromatic rings. The maximum Gasteiger partial charge on any atom is 0.259 e. The summed E-state index contributed by atoms with van der Waals surface area (Å²) in [6.07, 6.45) is 2.81. The maximum atomic E-state index is 13.9. The first-order valence-corrected chi connectivity index (χ1v) is 8.53.